The predicted octanol–water partition coefficient (Wildman–Crippen LogP) is 5.92. The molecule has 0 bridgehead atoms. The van der Waals surface area contributed by atoms with Gasteiger partial charge in [-0.1, -0.05) is 6.07 Å². The van der Waals surface area contributed by atoms with E-state index in [0.29, 0.717) is 22.0 Å². The molecular weight excluding hydrogens is 430 g/mol. The van der Waals surface area contributed by atoms with Crippen LogP contribution in [0.2, 0.25) is 0 Å². The van der Waals surface area contributed by atoms with Crippen LogP contribution in [-0.2, 0) is 24.2 Å². The molecule has 2 heterocycles. The van der Waals surface area contributed by atoms with E-state index in [2.05, 4.69) is 11.4 Å². The number of hydrogen-bond donors (Lipinski definition) is 1. The number of ether oxygens (including phenoxy) is 2. The first-order chi connectivity index (χ1) is 14.9. The lowest BCUT2D eigenvalue weighted by molar-refractivity contribution is 0.0601. The Kier molecular flexibility index (Phi) is 6.43. The molecule has 1 amide bonds. The van der Waals surface area contributed by atoms with Gasteiger partial charge in [-0.05, 0) is 79.8 Å². The first-order valence-corrected chi connectivity index (χ1v) is 12.0. The number of methoxy groups -OCH3 is 1. The molecule has 1 aliphatic rings. The largest absolute Gasteiger partial charge is 0.489 e. The zero-order chi connectivity index (χ0) is 22.0. The van der Waals surface area contributed by atoms with Crippen LogP contribution in [-0.4, -0.2) is 19.0 Å². The van der Waals surface area contributed by atoms with Gasteiger partial charge in [-0.2, -0.15) is 0 Å². The van der Waals surface area contributed by atoms with E-state index in [-0.39, 0.29) is 11.9 Å². The van der Waals surface area contributed by atoms with Crippen molar-refractivity contribution in [2.45, 2.75) is 46.1 Å². The van der Waals surface area contributed by atoms with Crippen molar-refractivity contribution in [3.63, 3.8) is 0 Å². The zero-order valence-electron chi connectivity index (χ0n) is 17.9. The number of anilines is 1. The number of rotatable bonds is 6. The fourth-order valence-electron chi connectivity index (χ4n) is 3.89. The van der Waals surface area contributed by atoms with Gasteiger partial charge in [-0.25, -0.2) is 4.79 Å². The van der Waals surface area contributed by atoms with Gasteiger partial charge in [-0.3, -0.25) is 4.79 Å². The average Bonchev–Trinajstić information content (AvgIpc) is 3.35. The third-order valence-corrected chi connectivity index (χ3v) is 7.45. The van der Waals surface area contributed by atoms with Gasteiger partial charge < -0.3 is 14.8 Å². The first-order valence-electron chi connectivity index (χ1n) is 10.3. The highest BCUT2D eigenvalue weighted by Crippen LogP contribution is 2.39. The van der Waals surface area contributed by atoms with E-state index in [4.69, 9.17) is 9.47 Å². The molecule has 0 saturated heterocycles. The fraction of sp³-hybridized carbons (Fsp3) is 0.333. The molecule has 3 aromatic rings. The standard InChI is InChI=1S/C24H25NO4S2/c1-14-8-15(2)10-17(9-14)29-12-16-11-20(30-13-16)22(26)25-23-21(24(27)28-3)18-6-4-5-7-19(18)31-23/h8-11,13H,4-7,12H2,1-3H3,(H,25,26). The van der Waals surface area contributed by atoms with E-state index in [9.17, 15) is 9.59 Å². The molecule has 0 saturated carbocycles. The third-order valence-electron chi connectivity index (χ3n) is 5.27. The Morgan fingerprint density at radius 1 is 1.06 bits per heavy atom. The highest BCUT2D eigenvalue weighted by atomic mass is 32.1. The highest BCUT2D eigenvalue weighted by molar-refractivity contribution is 7.17. The summed E-state index contributed by atoms with van der Waals surface area (Å²) in [5, 5.41) is 5.47. The summed E-state index contributed by atoms with van der Waals surface area (Å²) in [6, 6.07) is 7.94. The van der Waals surface area contributed by atoms with Crippen LogP contribution in [0.25, 0.3) is 0 Å². The summed E-state index contributed by atoms with van der Waals surface area (Å²) in [4.78, 5) is 27.0. The van der Waals surface area contributed by atoms with Gasteiger partial charge in [0.1, 0.15) is 17.4 Å². The van der Waals surface area contributed by atoms with Gasteiger partial charge in [0.05, 0.1) is 17.6 Å². The van der Waals surface area contributed by atoms with E-state index in [1.807, 2.05) is 37.4 Å². The molecule has 1 N–H and O–H groups in total. The molecule has 0 aliphatic heterocycles. The van der Waals surface area contributed by atoms with Crippen LogP contribution in [0.15, 0.2) is 29.6 Å². The van der Waals surface area contributed by atoms with Crippen molar-refractivity contribution < 1.29 is 19.1 Å². The topological polar surface area (TPSA) is 64.6 Å². The molecule has 0 fully saturated rings. The normalized spacial score (nSPS) is 12.9. The molecule has 0 radical (unpaired) electrons. The molecule has 2 aromatic heterocycles. The molecule has 162 valence electrons. The third kappa shape index (κ3) is 4.83. The number of esters is 1. The van der Waals surface area contributed by atoms with Crippen LogP contribution in [0.3, 0.4) is 0 Å². The Bertz CT molecular complexity index is 1110. The summed E-state index contributed by atoms with van der Waals surface area (Å²) in [6.45, 7) is 4.48. The molecule has 4 rings (SSSR count). The van der Waals surface area contributed by atoms with Gasteiger partial charge in [0.25, 0.3) is 5.91 Å². The Balaban J connectivity index is 1.47. The van der Waals surface area contributed by atoms with Gasteiger partial charge in [0, 0.05) is 10.4 Å². The van der Waals surface area contributed by atoms with E-state index in [1.165, 1.54) is 34.7 Å². The van der Waals surface area contributed by atoms with Crippen LogP contribution in [0.5, 0.6) is 5.75 Å². The number of nitrogens with one attached hydrogen (secondary N) is 1. The van der Waals surface area contributed by atoms with E-state index in [1.54, 1.807) is 0 Å². The Hall–Kier alpha value is -2.64. The number of fused-ring (bicyclic) bond motifs is 1. The van der Waals surface area contributed by atoms with Crippen molar-refractivity contribution in [1.82, 2.24) is 0 Å². The second-order valence-electron chi connectivity index (χ2n) is 7.79. The van der Waals surface area contributed by atoms with Crippen molar-refractivity contribution in [2.75, 3.05) is 12.4 Å². The molecule has 7 heteroatoms. The number of carbonyl (C=O) groups is 2. The van der Waals surface area contributed by atoms with Crippen LogP contribution in [0.1, 0.15) is 60.0 Å². The van der Waals surface area contributed by atoms with Crippen LogP contribution in [0, 0.1) is 13.8 Å². The minimum absolute atomic E-state index is 0.216. The summed E-state index contributed by atoms with van der Waals surface area (Å²) in [7, 11) is 1.38. The maximum absolute atomic E-state index is 12.9. The summed E-state index contributed by atoms with van der Waals surface area (Å²) in [6.07, 6.45) is 3.95. The molecule has 0 atom stereocenters. The van der Waals surface area contributed by atoms with Crippen LogP contribution >= 0.6 is 22.7 Å². The number of amides is 1. The summed E-state index contributed by atoms with van der Waals surface area (Å²) in [5.74, 6) is 0.219. The number of carbonyl (C=O) groups excluding carboxylic acids is 2. The molecule has 1 aliphatic carbocycles. The van der Waals surface area contributed by atoms with Crippen LogP contribution < -0.4 is 10.1 Å². The van der Waals surface area contributed by atoms with Crippen molar-refractivity contribution in [2.24, 2.45) is 0 Å². The van der Waals surface area contributed by atoms with Crippen LogP contribution in [0.4, 0.5) is 5.00 Å². The van der Waals surface area contributed by atoms with Gasteiger partial charge >= 0.3 is 5.97 Å². The van der Waals surface area contributed by atoms with Crippen molar-refractivity contribution in [1.29, 1.82) is 0 Å². The molecule has 0 unspecified atom stereocenters. The molecule has 0 spiro atoms. The average molecular weight is 456 g/mol. The molecule has 5 nitrogen and oxygen atoms in total. The predicted molar refractivity (Wildman–Crippen MR) is 125 cm³/mol. The fourth-order valence-corrected chi connectivity index (χ4v) is 5.95. The maximum atomic E-state index is 12.9. The number of thiophene rings is 2. The number of benzene rings is 1. The summed E-state index contributed by atoms with van der Waals surface area (Å²) in [5.41, 5.74) is 4.80. The Labute approximate surface area is 190 Å². The van der Waals surface area contributed by atoms with Gasteiger partial charge in [0.15, 0.2) is 0 Å². The van der Waals surface area contributed by atoms with E-state index >= 15 is 0 Å². The zero-order valence-corrected chi connectivity index (χ0v) is 19.5. The van der Waals surface area contributed by atoms with Gasteiger partial charge in [0.2, 0.25) is 0 Å². The molecular formula is C24H25NO4S2. The van der Waals surface area contributed by atoms with E-state index in [0.717, 1.165) is 53.7 Å². The van der Waals surface area contributed by atoms with Crippen molar-refractivity contribution in [3.05, 3.63) is 67.2 Å². The minimum atomic E-state index is -0.386. The smallest absolute Gasteiger partial charge is 0.341 e. The van der Waals surface area contributed by atoms with Gasteiger partial charge in [-0.15, -0.1) is 22.7 Å². The maximum Gasteiger partial charge on any atom is 0.341 e. The lowest BCUT2D eigenvalue weighted by Crippen LogP contribution is -2.14. The Morgan fingerprint density at radius 3 is 2.55 bits per heavy atom. The Morgan fingerprint density at radius 2 is 1.81 bits per heavy atom. The second-order valence-corrected chi connectivity index (χ2v) is 9.81. The summed E-state index contributed by atoms with van der Waals surface area (Å²) >= 11 is 2.86. The second kappa shape index (κ2) is 9.24. The monoisotopic (exact) mass is 455 g/mol. The van der Waals surface area contributed by atoms with E-state index < -0.39 is 0 Å². The number of hydrogen-bond acceptors (Lipinski definition) is 6. The molecule has 1 aromatic carbocycles. The quantitative estimate of drug-likeness (QED) is 0.468. The highest BCUT2D eigenvalue weighted by Gasteiger charge is 2.27. The lowest BCUT2D eigenvalue weighted by Gasteiger charge is -2.11. The van der Waals surface area contributed by atoms with Crippen molar-refractivity contribution >= 4 is 39.6 Å². The lowest BCUT2D eigenvalue weighted by atomic mass is 9.95. The molecule has 31 heavy (non-hydrogen) atoms. The number of aryl methyl sites for hydroxylation is 3. The van der Waals surface area contributed by atoms with Crippen molar-refractivity contribution in [3.8, 4) is 5.75 Å². The first kappa shape index (κ1) is 21.6. The summed E-state index contributed by atoms with van der Waals surface area (Å²) < 4.78 is 10.9. The minimum Gasteiger partial charge on any atom is -0.489 e. The SMILES string of the molecule is COC(=O)c1c(NC(=O)c2cc(COc3cc(C)cc(C)c3)cs2)sc2c1CCCC2.